The number of sulfonamides is 1. The van der Waals surface area contributed by atoms with Crippen molar-refractivity contribution in [3.8, 4) is 0 Å². The molecule has 1 heterocycles. The number of nitrogens with one attached hydrogen (secondary N) is 1. The minimum atomic E-state index is -3.72. The molecule has 0 amide bonds. The SMILES string of the molecule is Cc1ccc(C(=O)COC(=O)CNS(=O)(=O)c2cccs2)cc1. The summed E-state index contributed by atoms with van der Waals surface area (Å²) in [7, 11) is -3.72. The van der Waals surface area contributed by atoms with E-state index in [-0.39, 0.29) is 9.99 Å². The van der Waals surface area contributed by atoms with Gasteiger partial charge in [0.05, 0.1) is 0 Å². The summed E-state index contributed by atoms with van der Waals surface area (Å²) in [5.74, 6) is -1.16. The van der Waals surface area contributed by atoms with Crippen LogP contribution >= 0.6 is 11.3 Å². The molecule has 23 heavy (non-hydrogen) atoms. The number of hydrogen-bond acceptors (Lipinski definition) is 6. The smallest absolute Gasteiger partial charge is 0.321 e. The Hall–Kier alpha value is -2.03. The maximum Gasteiger partial charge on any atom is 0.321 e. The number of carbonyl (C=O) groups is 2. The minimum absolute atomic E-state index is 0.112. The highest BCUT2D eigenvalue weighted by Crippen LogP contribution is 2.14. The van der Waals surface area contributed by atoms with E-state index >= 15 is 0 Å². The maximum absolute atomic E-state index is 11.8. The summed E-state index contributed by atoms with van der Waals surface area (Å²) >= 11 is 1.04. The monoisotopic (exact) mass is 353 g/mol. The third kappa shape index (κ3) is 4.98. The molecule has 2 aromatic rings. The minimum Gasteiger partial charge on any atom is -0.456 e. The molecule has 0 aliphatic heterocycles. The van der Waals surface area contributed by atoms with Crippen LogP contribution in [0.3, 0.4) is 0 Å². The predicted molar refractivity (Wildman–Crippen MR) is 86.0 cm³/mol. The molecular weight excluding hydrogens is 338 g/mol. The molecular formula is C15H15NO5S2. The lowest BCUT2D eigenvalue weighted by Crippen LogP contribution is -2.31. The van der Waals surface area contributed by atoms with Crippen LogP contribution in [0, 0.1) is 6.92 Å². The van der Waals surface area contributed by atoms with Crippen LogP contribution in [0.1, 0.15) is 15.9 Å². The van der Waals surface area contributed by atoms with E-state index in [1.165, 1.54) is 6.07 Å². The number of rotatable bonds is 7. The van der Waals surface area contributed by atoms with Gasteiger partial charge in [-0.3, -0.25) is 9.59 Å². The zero-order valence-electron chi connectivity index (χ0n) is 12.3. The van der Waals surface area contributed by atoms with Crippen molar-refractivity contribution in [2.24, 2.45) is 0 Å². The molecule has 2 rings (SSSR count). The van der Waals surface area contributed by atoms with Gasteiger partial charge in [-0.1, -0.05) is 35.9 Å². The molecule has 0 saturated carbocycles. The van der Waals surface area contributed by atoms with Crippen LogP contribution in [-0.2, 0) is 19.6 Å². The van der Waals surface area contributed by atoms with E-state index in [1.54, 1.807) is 35.7 Å². The Morgan fingerprint density at radius 2 is 1.87 bits per heavy atom. The number of ether oxygens (including phenoxy) is 1. The van der Waals surface area contributed by atoms with Crippen molar-refractivity contribution in [3.63, 3.8) is 0 Å². The predicted octanol–water partition coefficient (Wildman–Crippen LogP) is 1.76. The van der Waals surface area contributed by atoms with Crippen molar-refractivity contribution in [1.82, 2.24) is 4.72 Å². The summed E-state index contributed by atoms with van der Waals surface area (Å²) in [6.45, 7) is 0.942. The van der Waals surface area contributed by atoms with E-state index in [9.17, 15) is 18.0 Å². The van der Waals surface area contributed by atoms with Crippen LogP contribution in [-0.4, -0.2) is 33.3 Å². The van der Waals surface area contributed by atoms with Crippen molar-refractivity contribution < 1.29 is 22.7 Å². The maximum atomic E-state index is 11.8. The average molecular weight is 353 g/mol. The first-order chi connectivity index (χ1) is 10.9. The lowest BCUT2D eigenvalue weighted by molar-refractivity contribution is -0.141. The first-order valence-corrected chi connectivity index (χ1v) is 9.03. The van der Waals surface area contributed by atoms with Gasteiger partial charge in [0.1, 0.15) is 10.8 Å². The number of benzene rings is 1. The van der Waals surface area contributed by atoms with E-state index in [4.69, 9.17) is 4.74 Å². The first-order valence-electron chi connectivity index (χ1n) is 6.67. The summed E-state index contributed by atoms with van der Waals surface area (Å²) in [5.41, 5.74) is 1.45. The fourth-order valence-electron chi connectivity index (χ4n) is 1.66. The summed E-state index contributed by atoms with van der Waals surface area (Å²) in [5, 5.41) is 1.62. The Bertz CT molecular complexity index is 780. The standard InChI is InChI=1S/C15H15NO5S2/c1-11-4-6-12(7-5-11)13(17)10-21-14(18)9-16-23(19,20)15-3-2-8-22-15/h2-8,16H,9-10H2,1H3. The normalized spacial score (nSPS) is 11.2. The molecule has 0 fully saturated rings. The lowest BCUT2D eigenvalue weighted by Gasteiger charge is -2.06. The molecule has 122 valence electrons. The van der Waals surface area contributed by atoms with Crippen LogP contribution in [0.2, 0.25) is 0 Å². The molecule has 0 radical (unpaired) electrons. The molecule has 1 aromatic carbocycles. The summed E-state index contributed by atoms with van der Waals surface area (Å²) in [4.78, 5) is 23.4. The summed E-state index contributed by atoms with van der Waals surface area (Å²) in [6.07, 6.45) is 0. The zero-order valence-corrected chi connectivity index (χ0v) is 13.9. The van der Waals surface area contributed by atoms with Crippen LogP contribution in [0.4, 0.5) is 0 Å². The largest absolute Gasteiger partial charge is 0.456 e. The van der Waals surface area contributed by atoms with E-state index in [1.807, 2.05) is 6.92 Å². The Kier molecular flexibility index (Phi) is 5.64. The Morgan fingerprint density at radius 1 is 1.17 bits per heavy atom. The fourth-order valence-corrected chi connectivity index (χ4v) is 3.67. The second kappa shape index (κ2) is 7.49. The number of carbonyl (C=O) groups excluding carboxylic acids is 2. The highest BCUT2D eigenvalue weighted by atomic mass is 32.2. The van der Waals surface area contributed by atoms with Gasteiger partial charge in [0.15, 0.2) is 12.4 Å². The molecule has 0 aliphatic carbocycles. The second-order valence-electron chi connectivity index (χ2n) is 4.71. The Labute approximate surface area is 138 Å². The first kappa shape index (κ1) is 17.3. The number of ketones is 1. The number of thiophene rings is 1. The van der Waals surface area contributed by atoms with Gasteiger partial charge in [-0.15, -0.1) is 11.3 Å². The molecule has 0 saturated heterocycles. The topological polar surface area (TPSA) is 89.5 Å². The number of esters is 1. The second-order valence-corrected chi connectivity index (χ2v) is 7.65. The van der Waals surface area contributed by atoms with Crippen molar-refractivity contribution in [3.05, 3.63) is 52.9 Å². The number of Topliss-reactive ketones (excluding diaryl/α,β-unsaturated/α-hetero) is 1. The molecule has 0 bridgehead atoms. The Morgan fingerprint density at radius 3 is 2.48 bits per heavy atom. The van der Waals surface area contributed by atoms with Crippen molar-refractivity contribution in [2.45, 2.75) is 11.1 Å². The fraction of sp³-hybridized carbons (Fsp3) is 0.200. The van der Waals surface area contributed by atoms with Gasteiger partial charge in [0.25, 0.3) is 10.0 Å². The van der Waals surface area contributed by atoms with Crippen LogP contribution < -0.4 is 4.72 Å². The van der Waals surface area contributed by atoms with Gasteiger partial charge in [0, 0.05) is 5.56 Å². The van der Waals surface area contributed by atoms with Crippen molar-refractivity contribution >= 4 is 33.1 Å². The van der Waals surface area contributed by atoms with Gasteiger partial charge in [0.2, 0.25) is 0 Å². The summed E-state index contributed by atoms with van der Waals surface area (Å²) < 4.78 is 30.7. The van der Waals surface area contributed by atoms with Crippen LogP contribution in [0.25, 0.3) is 0 Å². The van der Waals surface area contributed by atoms with E-state index in [2.05, 4.69) is 4.72 Å². The van der Waals surface area contributed by atoms with Crippen LogP contribution in [0.15, 0.2) is 46.0 Å². The van der Waals surface area contributed by atoms with Crippen molar-refractivity contribution in [1.29, 1.82) is 0 Å². The van der Waals surface area contributed by atoms with E-state index in [0.29, 0.717) is 5.56 Å². The van der Waals surface area contributed by atoms with Crippen molar-refractivity contribution in [2.75, 3.05) is 13.2 Å². The Balaban J connectivity index is 1.81. The van der Waals surface area contributed by atoms with Gasteiger partial charge in [-0.2, -0.15) is 4.72 Å². The van der Waals surface area contributed by atoms with Crippen LogP contribution in [0.5, 0.6) is 0 Å². The highest BCUT2D eigenvalue weighted by molar-refractivity contribution is 7.91. The molecule has 0 aliphatic rings. The molecule has 0 atom stereocenters. The average Bonchev–Trinajstić information content (AvgIpc) is 3.06. The molecule has 1 N–H and O–H groups in total. The third-order valence-corrected chi connectivity index (χ3v) is 5.70. The third-order valence-electron chi connectivity index (χ3n) is 2.90. The molecule has 8 heteroatoms. The van der Waals surface area contributed by atoms with Gasteiger partial charge < -0.3 is 4.74 Å². The molecule has 0 unspecified atom stereocenters. The van der Waals surface area contributed by atoms with Gasteiger partial charge >= 0.3 is 5.97 Å². The van der Waals surface area contributed by atoms with E-state index in [0.717, 1.165) is 16.9 Å². The molecule has 6 nitrogen and oxygen atoms in total. The van der Waals surface area contributed by atoms with Gasteiger partial charge in [-0.25, -0.2) is 8.42 Å². The van der Waals surface area contributed by atoms with E-state index < -0.39 is 29.1 Å². The molecule has 1 aromatic heterocycles. The van der Waals surface area contributed by atoms with Gasteiger partial charge in [-0.05, 0) is 18.4 Å². The number of hydrogen-bond donors (Lipinski definition) is 1. The molecule has 0 spiro atoms. The highest BCUT2D eigenvalue weighted by Gasteiger charge is 2.17. The number of aryl methyl sites for hydroxylation is 1. The quantitative estimate of drug-likeness (QED) is 0.605. The summed E-state index contributed by atoms with van der Waals surface area (Å²) in [6, 6.07) is 9.88. The zero-order chi connectivity index (χ0) is 16.9. The lowest BCUT2D eigenvalue weighted by atomic mass is 10.1.